The zero-order chi connectivity index (χ0) is 11.5. The Labute approximate surface area is 92.6 Å². The number of aromatic hydroxyl groups is 2. The molecule has 0 saturated heterocycles. The van der Waals surface area contributed by atoms with Gasteiger partial charge in [0, 0.05) is 5.56 Å². The molecule has 0 heterocycles. The van der Waals surface area contributed by atoms with E-state index in [-0.39, 0.29) is 17.1 Å². The molecule has 2 rings (SSSR count). The van der Waals surface area contributed by atoms with Gasteiger partial charge in [0.2, 0.25) is 0 Å². The first-order chi connectivity index (χ1) is 7.72. The van der Waals surface area contributed by atoms with Crippen molar-refractivity contribution in [2.24, 2.45) is 0 Å². The highest BCUT2D eigenvalue weighted by Crippen LogP contribution is 2.37. The lowest BCUT2D eigenvalue weighted by molar-refractivity contribution is 0.112. The molecular formula is C13H10O3. The second kappa shape index (κ2) is 4.06. The molecular weight excluding hydrogens is 204 g/mol. The van der Waals surface area contributed by atoms with Crippen LogP contribution >= 0.6 is 0 Å². The maximum Gasteiger partial charge on any atom is 0.150 e. The van der Waals surface area contributed by atoms with Crippen LogP contribution in [-0.4, -0.2) is 16.5 Å². The van der Waals surface area contributed by atoms with E-state index >= 15 is 0 Å². The molecule has 0 aliphatic heterocycles. The summed E-state index contributed by atoms with van der Waals surface area (Å²) in [5, 5.41) is 19.5. The monoisotopic (exact) mass is 214 g/mol. The second-order valence-electron chi connectivity index (χ2n) is 3.42. The largest absolute Gasteiger partial charge is 0.507 e. The molecule has 80 valence electrons. The maximum atomic E-state index is 10.5. The topological polar surface area (TPSA) is 57.5 Å². The maximum absolute atomic E-state index is 10.5. The summed E-state index contributed by atoms with van der Waals surface area (Å²) in [7, 11) is 0. The molecule has 0 amide bonds. The summed E-state index contributed by atoms with van der Waals surface area (Å²) in [5.41, 5.74) is 1.29. The van der Waals surface area contributed by atoms with Gasteiger partial charge in [0.15, 0.2) is 0 Å². The van der Waals surface area contributed by atoms with E-state index in [1.54, 1.807) is 12.1 Å². The first kappa shape index (κ1) is 10.2. The summed E-state index contributed by atoms with van der Waals surface area (Å²) in [6.07, 6.45) is 0.578. The predicted octanol–water partition coefficient (Wildman–Crippen LogP) is 2.58. The minimum atomic E-state index is -0.103. The molecule has 2 aromatic rings. The smallest absolute Gasteiger partial charge is 0.150 e. The Hall–Kier alpha value is -2.29. The lowest BCUT2D eigenvalue weighted by Gasteiger charge is -2.07. The zero-order valence-corrected chi connectivity index (χ0v) is 8.42. The summed E-state index contributed by atoms with van der Waals surface area (Å²) in [6.45, 7) is 0. The van der Waals surface area contributed by atoms with Gasteiger partial charge in [-0.1, -0.05) is 30.3 Å². The average Bonchev–Trinajstić information content (AvgIpc) is 2.29. The number of carbonyl (C=O) groups excluding carboxylic acids is 1. The molecule has 0 atom stereocenters. The van der Waals surface area contributed by atoms with E-state index in [1.165, 1.54) is 12.1 Å². The molecule has 16 heavy (non-hydrogen) atoms. The Bertz CT molecular complexity index is 495. The number of rotatable bonds is 2. The summed E-state index contributed by atoms with van der Waals surface area (Å²) >= 11 is 0. The molecule has 3 nitrogen and oxygen atoms in total. The SMILES string of the molecule is O=Cc1cc(O)c(-c2ccccc2)c(O)c1. The van der Waals surface area contributed by atoms with E-state index in [4.69, 9.17) is 0 Å². The van der Waals surface area contributed by atoms with Crippen LogP contribution in [0, 0.1) is 0 Å². The Kier molecular flexibility index (Phi) is 2.60. The van der Waals surface area contributed by atoms with Crippen molar-refractivity contribution in [3.05, 3.63) is 48.0 Å². The predicted molar refractivity (Wildman–Crippen MR) is 60.6 cm³/mol. The van der Waals surface area contributed by atoms with E-state index in [0.717, 1.165) is 0 Å². The molecule has 0 unspecified atom stereocenters. The molecule has 0 bridgehead atoms. The van der Waals surface area contributed by atoms with Crippen molar-refractivity contribution in [3.63, 3.8) is 0 Å². The first-order valence-electron chi connectivity index (χ1n) is 4.79. The number of phenols is 2. The van der Waals surface area contributed by atoms with Crippen molar-refractivity contribution in [3.8, 4) is 22.6 Å². The molecule has 0 aliphatic carbocycles. The lowest BCUT2D eigenvalue weighted by atomic mass is 10.0. The Balaban J connectivity index is 2.62. The molecule has 0 radical (unpaired) electrons. The van der Waals surface area contributed by atoms with E-state index in [2.05, 4.69) is 0 Å². The molecule has 0 saturated carbocycles. The molecule has 0 spiro atoms. The fraction of sp³-hybridized carbons (Fsp3) is 0. The van der Waals surface area contributed by atoms with Crippen LogP contribution in [0.1, 0.15) is 10.4 Å². The summed E-state index contributed by atoms with van der Waals surface area (Å²) in [6, 6.07) is 11.7. The Morgan fingerprint density at radius 3 is 2.00 bits per heavy atom. The second-order valence-corrected chi connectivity index (χ2v) is 3.42. The van der Waals surface area contributed by atoms with Gasteiger partial charge >= 0.3 is 0 Å². The van der Waals surface area contributed by atoms with Crippen LogP contribution in [0.3, 0.4) is 0 Å². The summed E-state index contributed by atoms with van der Waals surface area (Å²) in [4.78, 5) is 10.5. The summed E-state index contributed by atoms with van der Waals surface area (Å²) in [5.74, 6) is -0.207. The van der Waals surface area contributed by atoms with Crippen LogP contribution in [0.15, 0.2) is 42.5 Å². The van der Waals surface area contributed by atoms with E-state index in [1.807, 2.05) is 18.2 Å². The third kappa shape index (κ3) is 1.75. The van der Waals surface area contributed by atoms with Crippen LogP contribution in [0.2, 0.25) is 0 Å². The van der Waals surface area contributed by atoms with Crippen LogP contribution in [0.25, 0.3) is 11.1 Å². The number of phenolic OH excluding ortho intramolecular Hbond substituents is 2. The molecule has 0 aromatic heterocycles. The summed E-state index contributed by atoms with van der Waals surface area (Å²) < 4.78 is 0. The van der Waals surface area contributed by atoms with Gasteiger partial charge < -0.3 is 10.2 Å². The fourth-order valence-corrected chi connectivity index (χ4v) is 1.60. The average molecular weight is 214 g/mol. The number of hydrogen-bond donors (Lipinski definition) is 2. The highest BCUT2D eigenvalue weighted by Gasteiger charge is 2.11. The van der Waals surface area contributed by atoms with Gasteiger partial charge in [-0.15, -0.1) is 0 Å². The first-order valence-corrected chi connectivity index (χ1v) is 4.79. The van der Waals surface area contributed by atoms with E-state index in [0.29, 0.717) is 17.4 Å². The fourth-order valence-electron chi connectivity index (χ4n) is 1.60. The molecule has 2 N–H and O–H groups in total. The quantitative estimate of drug-likeness (QED) is 0.755. The van der Waals surface area contributed by atoms with Crippen molar-refractivity contribution in [1.82, 2.24) is 0 Å². The number of benzene rings is 2. The third-order valence-corrected chi connectivity index (χ3v) is 2.32. The molecule has 3 heteroatoms. The van der Waals surface area contributed by atoms with Crippen LogP contribution in [-0.2, 0) is 0 Å². The van der Waals surface area contributed by atoms with Gasteiger partial charge in [0.05, 0.1) is 5.56 Å². The molecule has 0 aliphatic rings. The Morgan fingerprint density at radius 2 is 1.50 bits per heavy atom. The van der Waals surface area contributed by atoms with Gasteiger partial charge in [-0.25, -0.2) is 0 Å². The number of hydrogen-bond acceptors (Lipinski definition) is 3. The van der Waals surface area contributed by atoms with Gasteiger partial charge in [0.25, 0.3) is 0 Å². The highest BCUT2D eigenvalue weighted by atomic mass is 16.3. The number of carbonyl (C=O) groups is 1. The standard InChI is InChI=1S/C13H10O3/c14-8-9-6-11(15)13(12(16)7-9)10-4-2-1-3-5-10/h1-8,15-16H. The number of aldehydes is 1. The van der Waals surface area contributed by atoms with Gasteiger partial charge in [-0.05, 0) is 17.7 Å². The highest BCUT2D eigenvalue weighted by molar-refractivity contribution is 5.84. The normalized spacial score (nSPS) is 10.0. The van der Waals surface area contributed by atoms with Crippen LogP contribution in [0.4, 0.5) is 0 Å². The van der Waals surface area contributed by atoms with Gasteiger partial charge in [-0.2, -0.15) is 0 Å². The molecule has 2 aromatic carbocycles. The van der Waals surface area contributed by atoms with Crippen molar-refractivity contribution in [1.29, 1.82) is 0 Å². The van der Waals surface area contributed by atoms with Crippen molar-refractivity contribution >= 4 is 6.29 Å². The van der Waals surface area contributed by atoms with Crippen molar-refractivity contribution < 1.29 is 15.0 Å². The van der Waals surface area contributed by atoms with Crippen LogP contribution < -0.4 is 0 Å². The lowest BCUT2D eigenvalue weighted by Crippen LogP contribution is -1.85. The van der Waals surface area contributed by atoms with Gasteiger partial charge in [-0.3, -0.25) is 4.79 Å². The van der Waals surface area contributed by atoms with E-state index < -0.39 is 0 Å². The van der Waals surface area contributed by atoms with Crippen LogP contribution in [0.5, 0.6) is 11.5 Å². The minimum Gasteiger partial charge on any atom is -0.507 e. The third-order valence-electron chi connectivity index (χ3n) is 2.32. The van der Waals surface area contributed by atoms with Crippen molar-refractivity contribution in [2.45, 2.75) is 0 Å². The zero-order valence-electron chi connectivity index (χ0n) is 8.42. The van der Waals surface area contributed by atoms with Gasteiger partial charge in [0.1, 0.15) is 17.8 Å². The van der Waals surface area contributed by atoms with E-state index in [9.17, 15) is 15.0 Å². The molecule has 0 fully saturated rings. The Morgan fingerprint density at radius 1 is 0.938 bits per heavy atom. The minimum absolute atomic E-state index is 0.103. The van der Waals surface area contributed by atoms with Crippen molar-refractivity contribution in [2.75, 3.05) is 0 Å².